The Bertz CT molecular complexity index is 421. The van der Waals surface area contributed by atoms with Crippen LogP contribution in [0.4, 0.5) is 4.39 Å². The molecule has 0 aromatic heterocycles. The van der Waals surface area contributed by atoms with Crippen molar-refractivity contribution in [1.82, 2.24) is 4.90 Å². The summed E-state index contributed by atoms with van der Waals surface area (Å²) in [6, 6.07) is 5.77. The van der Waals surface area contributed by atoms with Gasteiger partial charge in [-0.2, -0.15) is 0 Å². The molecule has 5 heteroatoms. The third-order valence-electron chi connectivity index (χ3n) is 3.20. The van der Waals surface area contributed by atoms with Gasteiger partial charge in [0.2, 0.25) is 0 Å². The van der Waals surface area contributed by atoms with Gasteiger partial charge in [-0.1, -0.05) is 19.9 Å². The van der Waals surface area contributed by atoms with E-state index in [0.717, 1.165) is 12.8 Å². The number of carbonyl (C=O) groups excluding carboxylic acids is 1. The predicted molar refractivity (Wildman–Crippen MR) is 75.1 cm³/mol. The third kappa shape index (κ3) is 4.81. The van der Waals surface area contributed by atoms with Crippen LogP contribution >= 0.6 is 0 Å². The van der Waals surface area contributed by atoms with Gasteiger partial charge in [-0.25, -0.2) is 4.39 Å². The smallest absolute Gasteiger partial charge is 0.260 e. The van der Waals surface area contributed by atoms with Crippen LogP contribution in [0.25, 0.3) is 0 Å². The number of nitrogens with zero attached hydrogens (tertiary/aromatic N) is 1. The fraction of sp³-hybridized carbons (Fsp3) is 0.533. The van der Waals surface area contributed by atoms with E-state index < -0.39 is 5.82 Å². The fourth-order valence-corrected chi connectivity index (χ4v) is 2.13. The van der Waals surface area contributed by atoms with E-state index in [2.05, 4.69) is 0 Å². The molecule has 1 amide bonds. The second-order valence-electron chi connectivity index (χ2n) is 4.53. The van der Waals surface area contributed by atoms with Crippen LogP contribution in [0.15, 0.2) is 24.3 Å². The minimum Gasteiger partial charge on any atom is -0.484 e. The normalized spacial score (nSPS) is 10.7. The highest BCUT2D eigenvalue weighted by Crippen LogP contribution is 2.13. The van der Waals surface area contributed by atoms with Gasteiger partial charge in [-0.15, -0.1) is 0 Å². The maximum absolute atomic E-state index is 13.0. The molecule has 1 rings (SSSR count). The molecule has 1 N–H and O–H groups in total. The summed E-state index contributed by atoms with van der Waals surface area (Å²) in [4.78, 5) is 13.8. The summed E-state index contributed by atoms with van der Waals surface area (Å²) in [5, 5.41) is 9.06. The molecule has 1 aromatic carbocycles. The summed E-state index contributed by atoms with van der Waals surface area (Å²) < 4.78 is 18.3. The highest BCUT2D eigenvalue weighted by Gasteiger charge is 2.20. The molecule has 0 fully saturated rings. The number of benzene rings is 1. The maximum Gasteiger partial charge on any atom is 0.260 e. The van der Waals surface area contributed by atoms with E-state index in [4.69, 9.17) is 9.84 Å². The van der Waals surface area contributed by atoms with Crippen molar-refractivity contribution in [3.8, 4) is 5.75 Å². The van der Waals surface area contributed by atoms with Crippen LogP contribution < -0.4 is 4.74 Å². The van der Waals surface area contributed by atoms with E-state index in [9.17, 15) is 9.18 Å². The van der Waals surface area contributed by atoms with Crippen LogP contribution in [-0.2, 0) is 4.79 Å². The largest absolute Gasteiger partial charge is 0.484 e. The molecule has 0 aliphatic rings. The van der Waals surface area contributed by atoms with Crippen molar-refractivity contribution in [2.45, 2.75) is 32.7 Å². The van der Waals surface area contributed by atoms with Gasteiger partial charge in [0.05, 0.1) is 6.61 Å². The molecular formula is C15H22FNO3. The molecule has 4 nitrogen and oxygen atoms in total. The van der Waals surface area contributed by atoms with Crippen LogP contribution in [0.5, 0.6) is 5.75 Å². The van der Waals surface area contributed by atoms with E-state index in [1.807, 2.05) is 13.8 Å². The van der Waals surface area contributed by atoms with Gasteiger partial charge in [0, 0.05) is 18.7 Å². The highest BCUT2D eigenvalue weighted by molar-refractivity contribution is 5.78. The fourth-order valence-electron chi connectivity index (χ4n) is 2.13. The monoisotopic (exact) mass is 283 g/mol. The Morgan fingerprint density at radius 3 is 2.65 bits per heavy atom. The molecule has 0 saturated carbocycles. The maximum atomic E-state index is 13.0. The Hall–Kier alpha value is -1.62. The molecule has 112 valence electrons. The second-order valence-corrected chi connectivity index (χ2v) is 4.53. The standard InChI is InChI=1S/C15H22FNO3/c1-3-13(4-2)17(8-9-18)15(19)11-20-14-7-5-6-12(16)10-14/h5-7,10,13,18H,3-4,8-9,11H2,1-2H3. The first-order valence-electron chi connectivity index (χ1n) is 6.91. The molecule has 0 aliphatic carbocycles. The average molecular weight is 283 g/mol. The summed E-state index contributed by atoms with van der Waals surface area (Å²) >= 11 is 0. The zero-order valence-electron chi connectivity index (χ0n) is 12.0. The number of aliphatic hydroxyl groups excluding tert-OH is 1. The lowest BCUT2D eigenvalue weighted by atomic mass is 10.1. The van der Waals surface area contributed by atoms with Crippen molar-refractivity contribution in [3.63, 3.8) is 0 Å². The van der Waals surface area contributed by atoms with Crippen LogP contribution in [-0.4, -0.2) is 41.7 Å². The van der Waals surface area contributed by atoms with Crippen molar-refractivity contribution in [2.75, 3.05) is 19.8 Å². The number of carbonyl (C=O) groups is 1. The first-order chi connectivity index (χ1) is 9.62. The summed E-state index contributed by atoms with van der Waals surface area (Å²) in [6.45, 7) is 4.05. The van der Waals surface area contributed by atoms with Crippen molar-refractivity contribution in [2.24, 2.45) is 0 Å². The van der Waals surface area contributed by atoms with Crippen molar-refractivity contribution in [3.05, 3.63) is 30.1 Å². The first-order valence-corrected chi connectivity index (χ1v) is 6.91. The van der Waals surface area contributed by atoms with Gasteiger partial charge >= 0.3 is 0 Å². The van der Waals surface area contributed by atoms with Gasteiger partial charge in [-0.3, -0.25) is 4.79 Å². The van der Waals surface area contributed by atoms with Crippen molar-refractivity contribution >= 4 is 5.91 Å². The molecule has 0 bridgehead atoms. The molecule has 1 aromatic rings. The molecule has 0 saturated heterocycles. The third-order valence-corrected chi connectivity index (χ3v) is 3.20. The van der Waals surface area contributed by atoms with E-state index in [-0.39, 0.29) is 31.7 Å². The predicted octanol–water partition coefficient (Wildman–Crippen LogP) is 2.21. The molecule has 0 heterocycles. The Morgan fingerprint density at radius 2 is 2.10 bits per heavy atom. The number of amides is 1. The van der Waals surface area contributed by atoms with Gasteiger partial charge in [0.25, 0.3) is 5.91 Å². The molecule has 0 spiro atoms. The Balaban J connectivity index is 2.62. The molecule has 0 radical (unpaired) electrons. The number of hydrogen-bond acceptors (Lipinski definition) is 3. The summed E-state index contributed by atoms with van der Waals surface area (Å²) in [6.07, 6.45) is 1.64. The quantitative estimate of drug-likeness (QED) is 0.796. The lowest BCUT2D eigenvalue weighted by molar-refractivity contribution is -0.136. The Kier molecular flexibility index (Phi) is 7.01. The molecule has 0 aliphatic heterocycles. The first kappa shape index (κ1) is 16.4. The number of aliphatic hydroxyl groups is 1. The van der Waals surface area contributed by atoms with Crippen LogP contribution in [0.1, 0.15) is 26.7 Å². The average Bonchev–Trinajstić information content (AvgIpc) is 2.45. The zero-order chi connectivity index (χ0) is 15.0. The van der Waals surface area contributed by atoms with Crippen molar-refractivity contribution < 1.29 is 19.0 Å². The van der Waals surface area contributed by atoms with E-state index in [1.54, 1.807) is 11.0 Å². The SMILES string of the molecule is CCC(CC)N(CCO)C(=O)COc1cccc(F)c1. The summed E-state index contributed by atoms with van der Waals surface area (Å²) in [5.41, 5.74) is 0. The minimum absolute atomic E-state index is 0.0811. The summed E-state index contributed by atoms with van der Waals surface area (Å²) in [5.74, 6) is -0.272. The van der Waals surface area contributed by atoms with Gasteiger partial charge in [-0.05, 0) is 25.0 Å². The lowest BCUT2D eigenvalue weighted by Crippen LogP contribution is -2.44. The number of hydrogen-bond donors (Lipinski definition) is 1. The van der Waals surface area contributed by atoms with Crippen LogP contribution in [0, 0.1) is 5.82 Å². The summed E-state index contributed by atoms with van der Waals surface area (Å²) in [7, 11) is 0. The minimum atomic E-state index is -0.401. The highest BCUT2D eigenvalue weighted by atomic mass is 19.1. The van der Waals surface area contributed by atoms with E-state index >= 15 is 0 Å². The van der Waals surface area contributed by atoms with Gasteiger partial charge < -0.3 is 14.7 Å². The van der Waals surface area contributed by atoms with E-state index in [1.165, 1.54) is 18.2 Å². The van der Waals surface area contributed by atoms with Crippen LogP contribution in [0.3, 0.4) is 0 Å². The van der Waals surface area contributed by atoms with Crippen LogP contribution in [0.2, 0.25) is 0 Å². The Morgan fingerprint density at radius 1 is 1.40 bits per heavy atom. The van der Waals surface area contributed by atoms with Gasteiger partial charge in [0.15, 0.2) is 6.61 Å². The van der Waals surface area contributed by atoms with Gasteiger partial charge in [0.1, 0.15) is 11.6 Å². The number of ether oxygens (including phenoxy) is 1. The topological polar surface area (TPSA) is 49.8 Å². The van der Waals surface area contributed by atoms with Crippen molar-refractivity contribution in [1.29, 1.82) is 0 Å². The molecular weight excluding hydrogens is 261 g/mol. The van der Waals surface area contributed by atoms with E-state index in [0.29, 0.717) is 5.75 Å². The number of rotatable bonds is 8. The molecule has 0 unspecified atom stereocenters. The number of halogens is 1. The Labute approximate surface area is 119 Å². The second kappa shape index (κ2) is 8.53. The molecule has 0 atom stereocenters. The zero-order valence-corrected chi connectivity index (χ0v) is 12.0. The molecule has 20 heavy (non-hydrogen) atoms. The lowest BCUT2D eigenvalue weighted by Gasteiger charge is -2.29.